The summed E-state index contributed by atoms with van der Waals surface area (Å²) >= 11 is 1.36. The smallest absolute Gasteiger partial charge is 0.230 e. The van der Waals surface area contributed by atoms with Crippen LogP contribution in [0.5, 0.6) is 11.5 Å². The highest BCUT2D eigenvalue weighted by molar-refractivity contribution is 7.14. The lowest BCUT2D eigenvalue weighted by Gasteiger charge is -2.17. The standard InChI is InChI=1S/C19H23N3O3S/c1-13-9-16(24-3)17(25-4)10-15(13)12-22(2)7-5-18(23)21-19-14(11-20)6-8-26-19/h6,8-10H,5,7,12H2,1-4H3,(H,21,23)/p+1. The van der Waals surface area contributed by atoms with E-state index in [9.17, 15) is 4.79 Å². The molecule has 0 saturated heterocycles. The van der Waals surface area contributed by atoms with E-state index in [0.717, 1.165) is 23.4 Å². The predicted molar refractivity (Wildman–Crippen MR) is 102 cm³/mol. The van der Waals surface area contributed by atoms with Gasteiger partial charge in [0.05, 0.1) is 39.8 Å². The molecule has 2 aromatic rings. The Hall–Kier alpha value is -2.56. The zero-order valence-corrected chi connectivity index (χ0v) is 16.3. The fourth-order valence-corrected chi connectivity index (χ4v) is 3.39. The van der Waals surface area contributed by atoms with Crippen LogP contribution in [-0.2, 0) is 11.3 Å². The SMILES string of the molecule is COc1cc(C)c(C[NH+](C)CCC(=O)Nc2sccc2C#N)cc1OC. The number of carbonyl (C=O) groups is 1. The molecule has 0 radical (unpaired) electrons. The van der Waals surface area contributed by atoms with Gasteiger partial charge >= 0.3 is 0 Å². The number of thiophene rings is 1. The van der Waals surface area contributed by atoms with Crippen LogP contribution < -0.4 is 19.7 Å². The van der Waals surface area contributed by atoms with E-state index in [1.165, 1.54) is 16.2 Å². The highest BCUT2D eigenvalue weighted by atomic mass is 32.1. The Labute approximate surface area is 158 Å². The minimum absolute atomic E-state index is 0.0765. The molecule has 0 spiro atoms. The minimum Gasteiger partial charge on any atom is -0.493 e. The van der Waals surface area contributed by atoms with Crippen LogP contribution in [0, 0.1) is 18.3 Å². The predicted octanol–water partition coefficient (Wildman–Crippen LogP) is 1.99. The summed E-state index contributed by atoms with van der Waals surface area (Å²) in [5, 5.41) is 14.2. The second-order valence-electron chi connectivity index (χ2n) is 6.09. The first kappa shape index (κ1) is 19.8. The molecular formula is C19H24N3O3S+. The quantitative estimate of drug-likeness (QED) is 0.741. The van der Waals surface area contributed by atoms with E-state index >= 15 is 0 Å². The van der Waals surface area contributed by atoms with Gasteiger partial charge in [-0.05, 0) is 36.1 Å². The first-order valence-corrected chi connectivity index (χ1v) is 9.16. The van der Waals surface area contributed by atoms with Crippen molar-refractivity contribution in [2.45, 2.75) is 19.9 Å². The summed E-state index contributed by atoms with van der Waals surface area (Å²) in [4.78, 5) is 13.3. The molecular weight excluding hydrogens is 350 g/mol. The molecule has 1 aromatic heterocycles. The van der Waals surface area contributed by atoms with Gasteiger partial charge in [0, 0.05) is 5.56 Å². The van der Waals surface area contributed by atoms with Crippen LogP contribution in [0.4, 0.5) is 5.00 Å². The molecule has 0 aliphatic carbocycles. The van der Waals surface area contributed by atoms with Gasteiger partial charge in [0.15, 0.2) is 11.5 Å². The molecule has 1 unspecified atom stereocenters. The molecule has 138 valence electrons. The Bertz CT molecular complexity index is 811. The van der Waals surface area contributed by atoms with E-state index < -0.39 is 0 Å². The Kier molecular flexibility index (Phi) is 7.01. The Balaban J connectivity index is 1.91. The van der Waals surface area contributed by atoms with Gasteiger partial charge in [-0.3, -0.25) is 4.79 Å². The van der Waals surface area contributed by atoms with Crippen molar-refractivity contribution < 1.29 is 19.2 Å². The number of anilines is 1. The third-order valence-corrected chi connectivity index (χ3v) is 4.98. The van der Waals surface area contributed by atoms with E-state index in [0.29, 0.717) is 29.3 Å². The van der Waals surface area contributed by atoms with Crippen LogP contribution in [0.3, 0.4) is 0 Å². The van der Waals surface area contributed by atoms with Gasteiger partial charge in [0.25, 0.3) is 0 Å². The molecule has 26 heavy (non-hydrogen) atoms. The average molecular weight is 374 g/mol. The molecule has 1 aromatic carbocycles. The maximum Gasteiger partial charge on any atom is 0.230 e. The number of quaternary nitrogens is 1. The molecule has 0 aliphatic heterocycles. The largest absolute Gasteiger partial charge is 0.493 e. The molecule has 0 saturated carbocycles. The summed E-state index contributed by atoms with van der Waals surface area (Å²) in [6.07, 6.45) is 0.390. The first-order valence-electron chi connectivity index (χ1n) is 8.28. The van der Waals surface area contributed by atoms with Gasteiger partial charge in [-0.1, -0.05) is 0 Å². The molecule has 2 N–H and O–H groups in total. The zero-order chi connectivity index (χ0) is 19.1. The van der Waals surface area contributed by atoms with E-state index in [-0.39, 0.29) is 5.91 Å². The van der Waals surface area contributed by atoms with Crippen molar-refractivity contribution in [1.29, 1.82) is 5.26 Å². The van der Waals surface area contributed by atoms with E-state index in [4.69, 9.17) is 14.7 Å². The van der Waals surface area contributed by atoms with Crippen molar-refractivity contribution in [3.8, 4) is 17.6 Å². The minimum atomic E-state index is -0.0765. The number of aryl methyl sites for hydroxylation is 1. The molecule has 0 fully saturated rings. The molecule has 1 heterocycles. The van der Waals surface area contributed by atoms with E-state index in [1.54, 1.807) is 25.7 Å². The van der Waals surface area contributed by atoms with Crippen molar-refractivity contribution in [2.24, 2.45) is 0 Å². The highest BCUT2D eigenvalue weighted by Gasteiger charge is 2.14. The van der Waals surface area contributed by atoms with Crippen LogP contribution in [0.2, 0.25) is 0 Å². The van der Waals surface area contributed by atoms with Crippen LogP contribution in [0.1, 0.15) is 23.1 Å². The van der Waals surface area contributed by atoms with Crippen molar-refractivity contribution in [1.82, 2.24) is 0 Å². The highest BCUT2D eigenvalue weighted by Crippen LogP contribution is 2.29. The summed E-state index contributed by atoms with van der Waals surface area (Å²) in [6.45, 7) is 3.51. The number of carbonyl (C=O) groups excluding carboxylic acids is 1. The number of nitrogens with one attached hydrogen (secondary N) is 2. The zero-order valence-electron chi connectivity index (χ0n) is 15.5. The lowest BCUT2D eigenvalue weighted by molar-refractivity contribution is -0.893. The van der Waals surface area contributed by atoms with E-state index in [1.807, 2.05) is 19.1 Å². The Morgan fingerprint density at radius 2 is 2.00 bits per heavy atom. The number of rotatable bonds is 8. The lowest BCUT2D eigenvalue weighted by Crippen LogP contribution is -3.07. The lowest BCUT2D eigenvalue weighted by atomic mass is 10.1. The summed E-state index contributed by atoms with van der Waals surface area (Å²) < 4.78 is 10.7. The van der Waals surface area contributed by atoms with Gasteiger partial charge in [0.2, 0.25) is 5.91 Å². The number of methoxy groups -OCH3 is 2. The summed E-state index contributed by atoms with van der Waals surface area (Å²) in [7, 11) is 5.30. The van der Waals surface area contributed by atoms with Gasteiger partial charge in [-0.15, -0.1) is 11.3 Å². The van der Waals surface area contributed by atoms with Gasteiger partial charge < -0.3 is 19.7 Å². The second-order valence-corrected chi connectivity index (χ2v) is 7.01. The third kappa shape index (κ3) is 4.97. The fraction of sp³-hybridized carbons (Fsp3) is 0.368. The normalized spacial score (nSPS) is 11.5. The molecule has 2 rings (SSSR count). The first-order chi connectivity index (χ1) is 12.5. The number of ether oxygens (including phenoxy) is 2. The third-order valence-electron chi connectivity index (χ3n) is 4.15. The summed E-state index contributed by atoms with van der Waals surface area (Å²) in [6, 6.07) is 7.73. The number of benzene rings is 1. The van der Waals surface area contributed by atoms with Crippen molar-refractivity contribution in [3.63, 3.8) is 0 Å². The van der Waals surface area contributed by atoms with E-state index in [2.05, 4.69) is 18.4 Å². The average Bonchev–Trinajstić information content (AvgIpc) is 3.08. The van der Waals surface area contributed by atoms with Crippen LogP contribution in [0.15, 0.2) is 23.6 Å². The summed E-state index contributed by atoms with van der Waals surface area (Å²) in [5.41, 5.74) is 2.79. The monoisotopic (exact) mass is 374 g/mol. The van der Waals surface area contributed by atoms with Gasteiger partial charge in [0.1, 0.15) is 17.6 Å². The maximum atomic E-state index is 12.1. The van der Waals surface area contributed by atoms with Crippen LogP contribution in [0.25, 0.3) is 0 Å². The molecule has 1 amide bonds. The number of amides is 1. The molecule has 7 heteroatoms. The molecule has 0 aliphatic rings. The van der Waals surface area contributed by atoms with Gasteiger partial charge in [-0.2, -0.15) is 5.26 Å². The Morgan fingerprint density at radius 1 is 1.31 bits per heavy atom. The number of nitriles is 1. The molecule has 0 bridgehead atoms. The number of nitrogens with zero attached hydrogens (tertiary/aromatic N) is 1. The molecule has 1 atom stereocenters. The Morgan fingerprint density at radius 3 is 2.65 bits per heavy atom. The summed E-state index contributed by atoms with van der Waals surface area (Å²) in [5.74, 6) is 1.35. The second kappa shape index (κ2) is 9.22. The fourth-order valence-electron chi connectivity index (χ4n) is 2.64. The number of hydrogen-bond donors (Lipinski definition) is 2. The number of hydrogen-bond acceptors (Lipinski definition) is 5. The van der Waals surface area contributed by atoms with Gasteiger partial charge in [-0.25, -0.2) is 0 Å². The van der Waals surface area contributed by atoms with Crippen molar-refractivity contribution in [2.75, 3.05) is 33.1 Å². The van der Waals surface area contributed by atoms with Crippen LogP contribution >= 0.6 is 11.3 Å². The topological polar surface area (TPSA) is 75.8 Å². The van der Waals surface area contributed by atoms with Crippen molar-refractivity contribution in [3.05, 3.63) is 40.3 Å². The molecule has 6 nitrogen and oxygen atoms in total. The van der Waals surface area contributed by atoms with Crippen LogP contribution in [-0.4, -0.2) is 33.7 Å². The van der Waals surface area contributed by atoms with Crippen molar-refractivity contribution >= 4 is 22.2 Å². The maximum absolute atomic E-state index is 12.1.